The number of amides is 2. The Hall–Kier alpha value is -3.97. The van der Waals surface area contributed by atoms with Gasteiger partial charge in [-0.25, -0.2) is 0 Å². The van der Waals surface area contributed by atoms with E-state index in [4.69, 9.17) is 16.3 Å². The zero-order chi connectivity index (χ0) is 26.9. The van der Waals surface area contributed by atoms with E-state index in [1.807, 2.05) is 6.08 Å². The molecule has 3 aliphatic carbocycles. The van der Waals surface area contributed by atoms with Gasteiger partial charge >= 0.3 is 0 Å². The monoisotopic (exact) mass is 529 g/mol. The van der Waals surface area contributed by atoms with Gasteiger partial charge in [0.2, 0.25) is 11.8 Å². The Labute approximate surface area is 224 Å². The number of methoxy groups -OCH3 is 1. The number of carbonyl (C=O) groups is 4. The van der Waals surface area contributed by atoms with Crippen molar-refractivity contribution in [1.82, 2.24) is 0 Å². The highest BCUT2D eigenvalue weighted by Gasteiger charge is 2.56. The maximum absolute atomic E-state index is 13.9. The van der Waals surface area contributed by atoms with Gasteiger partial charge in [-0.1, -0.05) is 29.3 Å². The Kier molecular flexibility index (Phi) is 5.65. The van der Waals surface area contributed by atoms with Gasteiger partial charge in [0.15, 0.2) is 11.6 Å². The van der Waals surface area contributed by atoms with Crippen LogP contribution in [0.1, 0.15) is 31.2 Å². The summed E-state index contributed by atoms with van der Waals surface area (Å²) in [6.07, 6.45) is 3.83. The van der Waals surface area contributed by atoms with E-state index in [1.54, 1.807) is 37.3 Å². The van der Waals surface area contributed by atoms with Crippen molar-refractivity contribution in [1.29, 1.82) is 0 Å². The van der Waals surface area contributed by atoms with Crippen LogP contribution in [-0.4, -0.2) is 35.6 Å². The molecule has 4 aliphatic rings. The van der Waals surface area contributed by atoms with Crippen LogP contribution in [0.15, 0.2) is 76.9 Å². The van der Waals surface area contributed by atoms with Crippen molar-refractivity contribution >= 4 is 40.7 Å². The molecule has 0 saturated carbocycles. The molecule has 1 heterocycles. The van der Waals surface area contributed by atoms with Crippen molar-refractivity contribution in [3.63, 3.8) is 0 Å². The predicted molar refractivity (Wildman–Crippen MR) is 140 cm³/mol. The van der Waals surface area contributed by atoms with Gasteiger partial charge in [0.25, 0.3) is 0 Å². The maximum atomic E-state index is 13.9. The second kappa shape index (κ2) is 8.81. The zero-order valence-corrected chi connectivity index (χ0v) is 21.5. The number of ether oxygens (including phenoxy) is 1. The number of aromatic hydroxyl groups is 1. The molecule has 0 spiro atoms. The highest BCUT2D eigenvalue weighted by molar-refractivity contribution is 6.31. The van der Waals surface area contributed by atoms with Crippen LogP contribution in [-0.2, 0) is 19.2 Å². The van der Waals surface area contributed by atoms with Crippen molar-refractivity contribution in [2.24, 2.45) is 17.8 Å². The average molecular weight is 530 g/mol. The van der Waals surface area contributed by atoms with Gasteiger partial charge in [-0.3, -0.25) is 24.1 Å². The van der Waals surface area contributed by atoms with Gasteiger partial charge < -0.3 is 9.84 Å². The molecule has 0 radical (unpaired) electrons. The van der Waals surface area contributed by atoms with Gasteiger partial charge in [-0.2, -0.15) is 0 Å². The number of hydrogen-bond donors (Lipinski definition) is 1. The lowest BCUT2D eigenvalue weighted by Crippen LogP contribution is -2.40. The van der Waals surface area contributed by atoms with Gasteiger partial charge in [0.05, 0.1) is 24.6 Å². The number of allylic oxidation sites excluding steroid dienone is 6. The second-order valence-electron chi connectivity index (χ2n) is 10.1. The largest absolute Gasteiger partial charge is 0.508 e. The van der Waals surface area contributed by atoms with Gasteiger partial charge in [-0.05, 0) is 62.1 Å². The van der Waals surface area contributed by atoms with E-state index in [-0.39, 0.29) is 35.6 Å². The van der Waals surface area contributed by atoms with Gasteiger partial charge in [-0.15, -0.1) is 0 Å². The SMILES string of the molecule is COc1cc(O)ccc1C1C2=CCC3C(=O)N(c4ccc(Cl)cc4)C(=O)C3C2CC2=C1C(=O)C(C)=CC2=O. The number of benzene rings is 2. The van der Waals surface area contributed by atoms with Crippen LogP contribution in [0.25, 0.3) is 0 Å². The Morgan fingerprint density at radius 2 is 1.74 bits per heavy atom. The highest BCUT2D eigenvalue weighted by Crippen LogP contribution is 2.56. The minimum atomic E-state index is -0.673. The third-order valence-electron chi connectivity index (χ3n) is 8.18. The molecule has 1 aliphatic heterocycles. The van der Waals surface area contributed by atoms with Crippen LogP contribution in [0, 0.1) is 17.8 Å². The maximum Gasteiger partial charge on any atom is 0.238 e. The van der Waals surface area contributed by atoms with Crippen molar-refractivity contribution < 1.29 is 29.0 Å². The van der Waals surface area contributed by atoms with Crippen molar-refractivity contribution in [2.75, 3.05) is 12.0 Å². The fraction of sp³-hybridized carbons (Fsp3) is 0.267. The number of hydrogen-bond acceptors (Lipinski definition) is 6. The summed E-state index contributed by atoms with van der Waals surface area (Å²) in [4.78, 5) is 55.3. The van der Waals surface area contributed by atoms with Crippen molar-refractivity contribution in [3.8, 4) is 11.5 Å². The van der Waals surface area contributed by atoms with Crippen LogP contribution < -0.4 is 9.64 Å². The lowest BCUT2D eigenvalue weighted by Gasteiger charge is -2.42. The van der Waals surface area contributed by atoms with Crippen molar-refractivity contribution in [3.05, 3.63) is 87.5 Å². The van der Waals surface area contributed by atoms with E-state index in [0.29, 0.717) is 45.2 Å². The molecule has 6 rings (SSSR count). The number of halogens is 1. The zero-order valence-electron chi connectivity index (χ0n) is 20.7. The minimum absolute atomic E-state index is 0.00199. The fourth-order valence-electron chi connectivity index (χ4n) is 6.50. The number of ketones is 2. The summed E-state index contributed by atoms with van der Waals surface area (Å²) in [7, 11) is 1.47. The molecular weight excluding hydrogens is 506 g/mol. The quantitative estimate of drug-likeness (QED) is 0.352. The number of fused-ring (bicyclic) bond motifs is 3. The summed E-state index contributed by atoms with van der Waals surface area (Å²) >= 11 is 6.02. The molecule has 192 valence electrons. The first-order valence-electron chi connectivity index (χ1n) is 12.4. The van der Waals surface area contributed by atoms with E-state index in [1.165, 1.54) is 30.2 Å². The summed E-state index contributed by atoms with van der Waals surface area (Å²) < 4.78 is 5.58. The fourth-order valence-corrected chi connectivity index (χ4v) is 6.63. The molecule has 1 saturated heterocycles. The molecule has 2 aromatic rings. The summed E-state index contributed by atoms with van der Waals surface area (Å²) in [5, 5.41) is 10.6. The molecule has 4 atom stereocenters. The Balaban J connectivity index is 1.50. The standard InChI is InChI=1S/C30H24ClNO6/c1-14-11-23(34)22-13-21-18(25(27(22)28(14)35)19-8-7-17(33)12-24(19)38-2)9-10-20-26(21)30(37)32(29(20)36)16-5-3-15(31)4-6-16/h3-9,11-12,20-21,25-26,33H,10,13H2,1-2H3. The van der Waals surface area contributed by atoms with Crippen LogP contribution >= 0.6 is 11.6 Å². The van der Waals surface area contributed by atoms with E-state index < -0.39 is 23.7 Å². The molecule has 0 bridgehead atoms. The highest BCUT2D eigenvalue weighted by atomic mass is 35.5. The minimum Gasteiger partial charge on any atom is -0.508 e. The van der Waals surface area contributed by atoms with Crippen LogP contribution in [0.5, 0.6) is 11.5 Å². The van der Waals surface area contributed by atoms with Gasteiger partial charge in [0.1, 0.15) is 11.5 Å². The summed E-state index contributed by atoms with van der Waals surface area (Å²) in [5.41, 5.74) is 3.00. The molecular formula is C30H24ClNO6. The molecule has 1 N–H and O–H groups in total. The predicted octanol–water partition coefficient (Wildman–Crippen LogP) is 4.69. The molecule has 2 aromatic carbocycles. The van der Waals surface area contributed by atoms with Crippen LogP contribution in [0.2, 0.25) is 5.02 Å². The third-order valence-corrected chi connectivity index (χ3v) is 8.43. The van der Waals surface area contributed by atoms with E-state index in [9.17, 15) is 24.3 Å². The van der Waals surface area contributed by atoms with E-state index in [0.717, 1.165) is 5.57 Å². The van der Waals surface area contributed by atoms with Crippen LogP contribution in [0.4, 0.5) is 5.69 Å². The number of nitrogens with zero attached hydrogens (tertiary/aromatic N) is 1. The molecule has 0 aromatic heterocycles. The molecule has 2 amide bonds. The summed E-state index contributed by atoms with van der Waals surface area (Å²) in [6.45, 7) is 1.62. The number of phenols is 1. The Morgan fingerprint density at radius 3 is 2.45 bits per heavy atom. The number of rotatable bonds is 3. The lowest BCUT2D eigenvalue weighted by atomic mass is 9.59. The first-order valence-corrected chi connectivity index (χ1v) is 12.8. The summed E-state index contributed by atoms with van der Waals surface area (Å²) in [6, 6.07) is 11.2. The van der Waals surface area contributed by atoms with E-state index >= 15 is 0 Å². The number of carbonyl (C=O) groups excluding carboxylic acids is 4. The molecule has 1 fully saturated rings. The van der Waals surface area contributed by atoms with Crippen LogP contribution in [0.3, 0.4) is 0 Å². The van der Waals surface area contributed by atoms with E-state index in [2.05, 4.69) is 0 Å². The first kappa shape index (κ1) is 24.4. The smallest absolute Gasteiger partial charge is 0.238 e. The summed E-state index contributed by atoms with van der Waals surface area (Å²) in [5.74, 6) is -3.04. The second-order valence-corrected chi connectivity index (χ2v) is 10.6. The normalized spacial score (nSPS) is 26.6. The molecule has 4 unspecified atom stereocenters. The Morgan fingerprint density at radius 1 is 1.00 bits per heavy atom. The number of imide groups is 1. The third kappa shape index (κ3) is 3.49. The van der Waals surface area contributed by atoms with Gasteiger partial charge in [0, 0.05) is 39.3 Å². The first-order chi connectivity index (χ1) is 18.2. The molecule has 7 nitrogen and oxygen atoms in total. The molecule has 38 heavy (non-hydrogen) atoms. The number of Topliss-reactive ketones (excluding diaryl/α,β-unsaturated/α-hetero) is 1. The topological polar surface area (TPSA) is 101 Å². The molecule has 8 heteroatoms. The van der Waals surface area contributed by atoms with Crippen molar-refractivity contribution in [2.45, 2.75) is 25.7 Å². The number of anilines is 1. The Bertz CT molecular complexity index is 1530. The lowest BCUT2D eigenvalue weighted by molar-refractivity contribution is -0.123. The number of phenolic OH excluding ortho intramolecular Hbond substituents is 1. The average Bonchev–Trinajstić information content (AvgIpc) is 3.16.